The molecule has 0 N–H and O–H groups in total. The summed E-state index contributed by atoms with van der Waals surface area (Å²) in [5.74, 6) is 0.881. The first-order valence-corrected chi connectivity index (χ1v) is 4.64. The molecule has 72 valence electrons. The Morgan fingerprint density at radius 2 is 1.92 bits per heavy atom. The quantitative estimate of drug-likeness (QED) is 0.680. The number of ether oxygens (including phenoxy) is 1. The van der Waals surface area contributed by atoms with Crippen molar-refractivity contribution in [3.63, 3.8) is 0 Å². The highest BCUT2D eigenvalue weighted by Crippen LogP contribution is 2.13. The van der Waals surface area contributed by atoms with Crippen LogP contribution in [-0.2, 0) is 6.42 Å². The summed E-state index contributed by atoms with van der Waals surface area (Å²) in [6, 6.07) is 7.83. The van der Waals surface area contributed by atoms with E-state index in [9.17, 15) is 4.39 Å². The molecule has 0 saturated heterocycles. The van der Waals surface area contributed by atoms with Crippen LogP contribution in [0.1, 0.15) is 18.9 Å². The molecule has 2 heteroatoms. The van der Waals surface area contributed by atoms with Gasteiger partial charge in [0.25, 0.3) is 0 Å². The molecule has 0 aromatic heterocycles. The third kappa shape index (κ3) is 3.45. The van der Waals surface area contributed by atoms with Crippen LogP contribution in [0.2, 0.25) is 0 Å². The zero-order valence-corrected chi connectivity index (χ0v) is 7.92. The number of alkyl halides is 1. The fraction of sp³-hybridized carbons (Fsp3) is 0.455. The lowest BCUT2D eigenvalue weighted by atomic mass is 10.1. The number of halogens is 1. The van der Waals surface area contributed by atoms with Gasteiger partial charge < -0.3 is 4.74 Å². The summed E-state index contributed by atoms with van der Waals surface area (Å²) < 4.78 is 17.1. The van der Waals surface area contributed by atoms with E-state index in [1.54, 1.807) is 0 Å². The average Bonchev–Trinajstić information content (AvgIpc) is 2.17. The van der Waals surface area contributed by atoms with Crippen molar-refractivity contribution < 1.29 is 9.13 Å². The Bertz CT molecular complexity index is 230. The minimum Gasteiger partial charge on any atom is -0.494 e. The fourth-order valence-corrected chi connectivity index (χ4v) is 1.19. The SMILES string of the molecule is CCOc1ccc(CCCF)cc1. The molecule has 0 aliphatic rings. The second-order valence-corrected chi connectivity index (χ2v) is 2.87. The van der Waals surface area contributed by atoms with E-state index in [0.29, 0.717) is 13.0 Å². The third-order valence-corrected chi connectivity index (χ3v) is 1.83. The molecular weight excluding hydrogens is 167 g/mol. The second kappa shape index (κ2) is 5.57. The van der Waals surface area contributed by atoms with Gasteiger partial charge in [-0.1, -0.05) is 12.1 Å². The van der Waals surface area contributed by atoms with Crippen LogP contribution in [0.25, 0.3) is 0 Å². The predicted molar refractivity (Wildman–Crippen MR) is 51.9 cm³/mol. The summed E-state index contributed by atoms with van der Waals surface area (Å²) >= 11 is 0. The molecule has 0 spiro atoms. The average molecular weight is 182 g/mol. The molecule has 0 heterocycles. The number of hydrogen-bond acceptors (Lipinski definition) is 1. The van der Waals surface area contributed by atoms with E-state index in [0.717, 1.165) is 12.2 Å². The van der Waals surface area contributed by atoms with Gasteiger partial charge in [0.2, 0.25) is 0 Å². The summed E-state index contributed by atoms with van der Waals surface area (Å²) in [7, 11) is 0. The van der Waals surface area contributed by atoms with E-state index in [2.05, 4.69) is 0 Å². The highest BCUT2D eigenvalue weighted by molar-refractivity contribution is 5.27. The minimum absolute atomic E-state index is 0.243. The van der Waals surface area contributed by atoms with E-state index < -0.39 is 0 Å². The van der Waals surface area contributed by atoms with Gasteiger partial charge in [0.15, 0.2) is 0 Å². The molecule has 13 heavy (non-hydrogen) atoms. The highest BCUT2D eigenvalue weighted by Gasteiger charge is 1.94. The van der Waals surface area contributed by atoms with E-state index in [1.807, 2.05) is 31.2 Å². The molecule has 1 rings (SSSR count). The standard InChI is InChI=1S/C11H15FO/c1-2-13-11-7-5-10(6-8-11)4-3-9-12/h5-8H,2-4,9H2,1H3. The molecule has 0 saturated carbocycles. The van der Waals surface area contributed by atoms with Crippen molar-refractivity contribution in [2.75, 3.05) is 13.3 Å². The van der Waals surface area contributed by atoms with Gasteiger partial charge in [-0.05, 0) is 37.5 Å². The molecule has 0 aliphatic heterocycles. The maximum absolute atomic E-state index is 11.9. The molecule has 1 aromatic carbocycles. The lowest BCUT2D eigenvalue weighted by Crippen LogP contribution is -1.92. The number of rotatable bonds is 5. The third-order valence-electron chi connectivity index (χ3n) is 1.83. The summed E-state index contributed by atoms with van der Waals surface area (Å²) in [6.07, 6.45) is 1.41. The molecule has 0 aliphatic carbocycles. The Morgan fingerprint density at radius 1 is 1.23 bits per heavy atom. The Labute approximate surface area is 78.5 Å². The smallest absolute Gasteiger partial charge is 0.119 e. The van der Waals surface area contributed by atoms with Gasteiger partial charge in [-0.15, -0.1) is 0 Å². The van der Waals surface area contributed by atoms with Crippen LogP contribution in [0.5, 0.6) is 5.75 Å². The van der Waals surface area contributed by atoms with Gasteiger partial charge in [0.1, 0.15) is 5.75 Å². The van der Waals surface area contributed by atoms with Crippen molar-refractivity contribution >= 4 is 0 Å². The van der Waals surface area contributed by atoms with E-state index in [1.165, 1.54) is 5.56 Å². The molecular formula is C11H15FO. The maximum Gasteiger partial charge on any atom is 0.119 e. The van der Waals surface area contributed by atoms with Crippen molar-refractivity contribution in [2.45, 2.75) is 19.8 Å². The first-order chi connectivity index (χ1) is 6.36. The fourth-order valence-electron chi connectivity index (χ4n) is 1.19. The zero-order chi connectivity index (χ0) is 9.52. The van der Waals surface area contributed by atoms with Crippen molar-refractivity contribution in [3.8, 4) is 5.75 Å². The van der Waals surface area contributed by atoms with E-state index >= 15 is 0 Å². The summed E-state index contributed by atoms with van der Waals surface area (Å²) in [5, 5.41) is 0. The molecule has 0 amide bonds. The summed E-state index contributed by atoms with van der Waals surface area (Å²) in [4.78, 5) is 0. The van der Waals surface area contributed by atoms with Crippen LogP contribution in [0, 0.1) is 0 Å². The Balaban J connectivity index is 2.48. The number of benzene rings is 1. The first-order valence-electron chi connectivity index (χ1n) is 4.64. The topological polar surface area (TPSA) is 9.23 Å². The van der Waals surface area contributed by atoms with Crippen molar-refractivity contribution in [3.05, 3.63) is 29.8 Å². The van der Waals surface area contributed by atoms with E-state index in [4.69, 9.17) is 4.74 Å². The van der Waals surface area contributed by atoms with Gasteiger partial charge in [-0.2, -0.15) is 0 Å². The molecule has 0 unspecified atom stereocenters. The number of aryl methyl sites for hydroxylation is 1. The molecule has 0 atom stereocenters. The molecule has 1 nitrogen and oxygen atoms in total. The van der Waals surface area contributed by atoms with Crippen molar-refractivity contribution in [2.24, 2.45) is 0 Å². The molecule has 1 aromatic rings. The van der Waals surface area contributed by atoms with Crippen LogP contribution in [0.4, 0.5) is 4.39 Å². The molecule has 0 bridgehead atoms. The van der Waals surface area contributed by atoms with Crippen LogP contribution < -0.4 is 4.74 Å². The Morgan fingerprint density at radius 3 is 2.46 bits per heavy atom. The Kier molecular flexibility index (Phi) is 4.30. The predicted octanol–water partition coefficient (Wildman–Crippen LogP) is 2.99. The van der Waals surface area contributed by atoms with Crippen LogP contribution in [-0.4, -0.2) is 13.3 Å². The van der Waals surface area contributed by atoms with Crippen LogP contribution >= 0.6 is 0 Å². The van der Waals surface area contributed by atoms with Gasteiger partial charge >= 0.3 is 0 Å². The van der Waals surface area contributed by atoms with Gasteiger partial charge in [-0.3, -0.25) is 4.39 Å². The van der Waals surface area contributed by atoms with Gasteiger partial charge in [0.05, 0.1) is 13.3 Å². The van der Waals surface area contributed by atoms with Gasteiger partial charge in [0, 0.05) is 0 Å². The van der Waals surface area contributed by atoms with Crippen LogP contribution in [0.3, 0.4) is 0 Å². The summed E-state index contributed by atoms with van der Waals surface area (Å²) in [6.45, 7) is 2.40. The van der Waals surface area contributed by atoms with Crippen molar-refractivity contribution in [1.82, 2.24) is 0 Å². The van der Waals surface area contributed by atoms with Gasteiger partial charge in [-0.25, -0.2) is 0 Å². The maximum atomic E-state index is 11.9. The lowest BCUT2D eigenvalue weighted by molar-refractivity contribution is 0.340. The normalized spacial score (nSPS) is 10.0. The van der Waals surface area contributed by atoms with Crippen molar-refractivity contribution in [1.29, 1.82) is 0 Å². The second-order valence-electron chi connectivity index (χ2n) is 2.87. The largest absolute Gasteiger partial charge is 0.494 e. The van der Waals surface area contributed by atoms with E-state index in [-0.39, 0.29) is 6.67 Å². The Hall–Kier alpha value is -1.05. The number of hydrogen-bond donors (Lipinski definition) is 0. The first kappa shape index (κ1) is 10.0. The zero-order valence-electron chi connectivity index (χ0n) is 7.92. The van der Waals surface area contributed by atoms with Crippen LogP contribution in [0.15, 0.2) is 24.3 Å². The monoisotopic (exact) mass is 182 g/mol. The summed E-state index contributed by atoms with van der Waals surface area (Å²) in [5.41, 5.74) is 1.17. The molecule has 0 fully saturated rings. The lowest BCUT2D eigenvalue weighted by Gasteiger charge is -2.03. The molecule has 0 radical (unpaired) electrons. The highest BCUT2D eigenvalue weighted by atomic mass is 19.1. The minimum atomic E-state index is -0.243.